The van der Waals surface area contributed by atoms with E-state index in [1.165, 1.54) is 0 Å². The molecule has 0 spiro atoms. The Morgan fingerprint density at radius 2 is 2.04 bits per heavy atom. The number of rotatable bonds is 5. The normalized spacial score (nSPS) is 17.1. The van der Waals surface area contributed by atoms with Crippen LogP contribution in [0.15, 0.2) is 18.2 Å². The highest BCUT2D eigenvalue weighted by molar-refractivity contribution is 5.96. The Labute approximate surface area is 150 Å². The highest BCUT2D eigenvalue weighted by Crippen LogP contribution is 2.21. The Morgan fingerprint density at radius 1 is 1.29 bits per heavy atom. The van der Waals surface area contributed by atoms with Crippen molar-refractivity contribution in [3.05, 3.63) is 34.9 Å². The molecule has 1 fully saturated rings. The fourth-order valence-electron chi connectivity index (χ4n) is 3.05. The van der Waals surface area contributed by atoms with Crippen molar-refractivity contribution in [2.45, 2.75) is 45.6 Å². The van der Waals surface area contributed by atoms with Crippen molar-refractivity contribution in [2.75, 3.05) is 19.6 Å². The molecule has 1 heterocycles. The van der Waals surface area contributed by atoms with E-state index in [0.717, 1.165) is 42.5 Å². The molecule has 3 N–H and O–H groups in total. The van der Waals surface area contributed by atoms with E-state index in [-0.39, 0.29) is 30.3 Å². The molecule has 1 saturated heterocycles. The second-order valence-corrected chi connectivity index (χ2v) is 6.31. The molecule has 0 bridgehead atoms. The zero-order valence-corrected chi connectivity index (χ0v) is 15.3. The van der Waals surface area contributed by atoms with Crippen LogP contribution in [0.25, 0.3) is 0 Å². The number of aryl methyl sites for hydroxylation is 2. The zero-order chi connectivity index (χ0) is 16.8. The van der Waals surface area contributed by atoms with Gasteiger partial charge in [-0.2, -0.15) is 0 Å². The molecule has 0 saturated carbocycles. The van der Waals surface area contributed by atoms with Gasteiger partial charge in [0, 0.05) is 37.7 Å². The fraction of sp³-hybridized carbons (Fsp3) is 0.556. The highest BCUT2D eigenvalue weighted by atomic mass is 35.5. The van der Waals surface area contributed by atoms with Gasteiger partial charge >= 0.3 is 0 Å². The molecule has 0 radical (unpaired) electrons. The van der Waals surface area contributed by atoms with E-state index >= 15 is 0 Å². The molecule has 1 aromatic carbocycles. The van der Waals surface area contributed by atoms with Crippen LogP contribution in [-0.2, 0) is 4.79 Å². The molecule has 0 aromatic heterocycles. The molecule has 1 unspecified atom stereocenters. The molecule has 0 aliphatic carbocycles. The quantitative estimate of drug-likeness (QED) is 0.852. The van der Waals surface area contributed by atoms with Gasteiger partial charge in [-0.15, -0.1) is 12.4 Å². The Bertz CT molecular complexity index is 577. The van der Waals surface area contributed by atoms with E-state index in [1.54, 1.807) is 0 Å². The number of piperidine rings is 1. The predicted molar refractivity (Wildman–Crippen MR) is 98.5 cm³/mol. The lowest BCUT2D eigenvalue weighted by molar-refractivity contribution is -0.121. The van der Waals surface area contributed by atoms with Gasteiger partial charge in [-0.05, 0) is 44.7 Å². The first-order chi connectivity index (χ1) is 11.0. The molecular weight excluding hydrogens is 326 g/mol. The molecule has 6 heteroatoms. The Morgan fingerprint density at radius 3 is 2.75 bits per heavy atom. The van der Waals surface area contributed by atoms with Gasteiger partial charge in [-0.25, -0.2) is 0 Å². The van der Waals surface area contributed by atoms with E-state index in [2.05, 4.69) is 5.32 Å². The van der Waals surface area contributed by atoms with Crippen molar-refractivity contribution in [3.63, 3.8) is 0 Å². The molecule has 1 atom stereocenters. The maximum absolute atomic E-state index is 12.9. The van der Waals surface area contributed by atoms with Gasteiger partial charge in [0.15, 0.2) is 0 Å². The van der Waals surface area contributed by atoms with Gasteiger partial charge < -0.3 is 16.0 Å². The van der Waals surface area contributed by atoms with Crippen LogP contribution in [0.1, 0.15) is 47.2 Å². The third-order valence-corrected chi connectivity index (χ3v) is 4.42. The molecule has 1 aliphatic rings. The number of halogens is 1. The summed E-state index contributed by atoms with van der Waals surface area (Å²) in [6, 6.07) is 6.03. The smallest absolute Gasteiger partial charge is 0.254 e. The Hall–Kier alpha value is -1.59. The molecule has 2 amide bonds. The topological polar surface area (TPSA) is 75.4 Å². The predicted octanol–water partition coefficient (Wildman–Crippen LogP) is 2.18. The van der Waals surface area contributed by atoms with Gasteiger partial charge in [0.25, 0.3) is 5.91 Å². The highest BCUT2D eigenvalue weighted by Gasteiger charge is 2.28. The molecular formula is C18H28ClN3O2. The van der Waals surface area contributed by atoms with Crippen molar-refractivity contribution < 1.29 is 9.59 Å². The number of amides is 2. The van der Waals surface area contributed by atoms with Crippen LogP contribution in [0.5, 0.6) is 0 Å². The summed E-state index contributed by atoms with van der Waals surface area (Å²) in [7, 11) is 0. The van der Waals surface area contributed by atoms with Crippen LogP contribution in [-0.4, -0.2) is 42.4 Å². The molecule has 1 aliphatic heterocycles. The first-order valence-corrected chi connectivity index (χ1v) is 8.38. The van der Waals surface area contributed by atoms with Gasteiger partial charge in [0.1, 0.15) is 0 Å². The van der Waals surface area contributed by atoms with E-state index in [0.29, 0.717) is 19.5 Å². The van der Waals surface area contributed by atoms with Crippen molar-refractivity contribution in [3.8, 4) is 0 Å². The lowest BCUT2D eigenvalue weighted by Crippen LogP contribution is -2.49. The Kier molecular flexibility index (Phi) is 8.22. The van der Waals surface area contributed by atoms with Gasteiger partial charge in [0.05, 0.1) is 0 Å². The minimum absolute atomic E-state index is 0. The third-order valence-electron chi connectivity index (χ3n) is 4.42. The zero-order valence-electron chi connectivity index (χ0n) is 14.5. The molecule has 5 nitrogen and oxygen atoms in total. The molecule has 2 rings (SSSR count). The second-order valence-electron chi connectivity index (χ2n) is 6.31. The van der Waals surface area contributed by atoms with Gasteiger partial charge in [-0.3, -0.25) is 9.59 Å². The summed E-state index contributed by atoms with van der Waals surface area (Å²) in [6.07, 6.45) is 3.37. The molecule has 24 heavy (non-hydrogen) atoms. The summed E-state index contributed by atoms with van der Waals surface area (Å²) >= 11 is 0. The maximum atomic E-state index is 12.9. The maximum Gasteiger partial charge on any atom is 0.254 e. The standard InChI is InChI=1S/C18H27N3O2.ClH/c1-13-6-7-14(2)16(11-13)18(23)21-10-4-3-5-15(21)12-20-17(22)8-9-19;/h6-7,11,15H,3-5,8-10,12,19H2,1-2H3,(H,20,22);1H. The van der Waals surface area contributed by atoms with E-state index in [1.807, 2.05) is 36.9 Å². The van der Waals surface area contributed by atoms with Crippen molar-refractivity contribution >= 4 is 24.2 Å². The number of nitrogens with zero attached hydrogens (tertiary/aromatic N) is 1. The Balaban J connectivity index is 0.00000288. The SMILES string of the molecule is Cc1ccc(C)c(C(=O)N2CCCCC2CNC(=O)CCN)c1.Cl. The van der Waals surface area contributed by atoms with Crippen LogP contribution in [0.3, 0.4) is 0 Å². The van der Waals surface area contributed by atoms with Crippen LogP contribution in [0, 0.1) is 13.8 Å². The summed E-state index contributed by atoms with van der Waals surface area (Å²) in [6.45, 7) is 5.58. The monoisotopic (exact) mass is 353 g/mol. The first-order valence-electron chi connectivity index (χ1n) is 8.38. The largest absolute Gasteiger partial charge is 0.354 e. The van der Waals surface area contributed by atoms with Crippen LogP contribution in [0.4, 0.5) is 0 Å². The lowest BCUT2D eigenvalue weighted by Gasteiger charge is -2.36. The van der Waals surface area contributed by atoms with Gasteiger partial charge in [0.2, 0.25) is 5.91 Å². The number of likely N-dealkylation sites (tertiary alicyclic amines) is 1. The van der Waals surface area contributed by atoms with E-state index in [9.17, 15) is 9.59 Å². The van der Waals surface area contributed by atoms with Crippen LogP contribution < -0.4 is 11.1 Å². The summed E-state index contributed by atoms with van der Waals surface area (Å²) in [5.41, 5.74) is 8.25. The number of carbonyl (C=O) groups is 2. The number of carbonyl (C=O) groups excluding carboxylic acids is 2. The number of nitrogens with one attached hydrogen (secondary N) is 1. The van der Waals surface area contributed by atoms with Crippen LogP contribution >= 0.6 is 12.4 Å². The summed E-state index contributed by atoms with van der Waals surface area (Å²) in [5, 5.41) is 2.90. The number of hydrogen-bond donors (Lipinski definition) is 2. The molecule has 1 aromatic rings. The van der Waals surface area contributed by atoms with Crippen molar-refractivity contribution in [1.29, 1.82) is 0 Å². The minimum Gasteiger partial charge on any atom is -0.354 e. The van der Waals surface area contributed by atoms with E-state index in [4.69, 9.17) is 5.73 Å². The number of nitrogens with two attached hydrogens (primary N) is 1. The minimum atomic E-state index is -0.0443. The summed E-state index contributed by atoms with van der Waals surface area (Å²) in [4.78, 5) is 26.5. The van der Waals surface area contributed by atoms with Crippen molar-refractivity contribution in [2.24, 2.45) is 5.73 Å². The summed E-state index contributed by atoms with van der Waals surface area (Å²) in [5.74, 6) is 0.0289. The summed E-state index contributed by atoms with van der Waals surface area (Å²) < 4.78 is 0. The number of hydrogen-bond acceptors (Lipinski definition) is 3. The number of benzene rings is 1. The second kappa shape index (κ2) is 9.64. The first kappa shape index (κ1) is 20.5. The molecule has 134 valence electrons. The fourth-order valence-corrected chi connectivity index (χ4v) is 3.05. The van der Waals surface area contributed by atoms with Gasteiger partial charge in [-0.1, -0.05) is 17.7 Å². The third kappa shape index (κ3) is 5.21. The average molecular weight is 354 g/mol. The lowest BCUT2D eigenvalue weighted by atomic mass is 9.98. The van der Waals surface area contributed by atoms with Crippen LogP contribution in [0.2, 0.25) is 0 Å². The van der Waals surface area contributed by atoms with Crippen molar-refractivity contribution in [1.82, 2.24) is 10.2 Å². The van der Waals surface area contributed by atoms with E-state index < -0.39 is 0 Å². The average Bonchev–Trinajstić information content (AvgIpc) is 2.55.